The molecule has 1 amide bonds. The van der Waals surface area contributed by atoms with Crippen molar-refractivity contribution >= 4 is 17.6 Å². The molecule has 0 saturated carbocycles. The highest BCUT2D eigenvalue weighted by atomic mass is 16.5. The van der Waals surface area contributed by atoms with Crippen LogP contribution in [0.1, 0.15) is 29.3 Å². The lowest BCUT2D eigenvalue weighted by Gasteiger charge is -2.16. The number of rotatable bonds is 5. The first kappa shape index (κ1) is 15.7. The molecule has 114 valence electrons. The summed E-state index contributed by atoms with van der Waals surface area (Å²) in [6.45, 7) is 3.73. The molecule has 1 atom stereocenters. The van der Waals surface area contributed by atoms with Crippen molar-refractivity contribution in [2.75, 3.05) is 5.32 Å². The van der Waals surface area contributed by atoms with E-state index in [1.165, 1.54) is 12.4 Å². The van der Waals surface area contributed by atoms with E-state index >= 15 is 0 Å². The molecular formula is C17H18N2O3. The summed E-state index contributed by atoms with van der Waals surface area (Å²) >= 11 is 0. The second-order valence-electron chi connectivity index (χ2n) is 4.90. The number of nitrogens with zero attached hydrogens (tertiary/aromatic N) is 1. The van der Waals surface area contributed by atoms with Crippen molar-refractivity contribution in [3.63, 3.8) is 0 Å². The van der Waals surface area contributed by atoms with Crippen LogP contribution in [-0.2, 0) is 9.53 Å². The number of nitrogens with one attached hydrogen (secondary N) is 1. The molecule has 0 spiro atoms. The number of hydrogen-bond acceptors (Lipinski definition) is 4. The zero-order valence-corrected chi connectivity index (χ0v) is 12.6. The molecule has 0 aliphatic rings. The summed E-state index contributed by atoms with van der Waals surface area (Å²) < 4.78 is 5.27. The predicted molar refractivity (Wildman–Crippen MR) is 83.5 cm³/mol. The maximum absolute atomic E-state index is 12.2. The van der Waals surface area contributed by atoms with Gasteiger partial charge in [0, 0.05) is 18.1 Å². The Bertz CT molecular complexity index is 656. The van der Waals surface area contributed by atoms with Gasteiger partial charge in [-0.1, -0.05) is 19.1 Å². The van der Waals surface area contributed by atoms with Crippen molar-refractivity contribution in [3.05, 3.63) is 59.9 Å². The van der Waals surface area contributed by atoms with Crippen molar-refractivity contribution in [1.82, 2.24) is 4.98 Å². The molecule has 2 aromatic rings. The molecule has 5 heteroatoms. The van der Waals surface area contributed by atoms with E-state index in [2.05, 4.69) is 10.3 Å². The second kappa shape index (κ2) is 7.36. The smallest absolute Gasteiger partial charge is 0.339 e. The molecule has 0 aliphatic carbocycles. The maximum Gasteiger partial charge on any atom is 0.339 e. The number of anilines is 1. The number of hydrogen-bond donors (Lipinski definition) is 1. The van der Waals surface area contributed by atoms with Crippen LogP contribution >= 0.6 is 0 Å². The molecule has 0 radical (unpaired) electrons. The molecule has 0 aliphatic heterocycles. The first-order chi connectivity index (χ1) is 10.6. The maximum atomic E-state index is 12.2. The Morgan fingerprint density at radius 3 is 2.59 bits per heavy atom. The molecule has 22 heavy (non-hydrogen) atoms. The number of esters is 1. The Morgan fingerprint density at radius 1 is 1.23 bits per heavy atom. The lowest BCUT2D eigenvalue weighted by Crippen LogP contribution is -2.32. The van der Waals surface area contributed by atoms with E-state index in [-0.39, 0.29) is 5.91 Å². The monoisotopic (exact) mass is 298 g/mol. The summed E-state index contributed by atoms with van der Waals surface area (Å²) in [7, 11) is 0. The molecule has 5 nitrogen and oxygen atoms in total. The van der Waals surface area contributed by atoms with E-state index < -0.39 is 12.1 Å². The van der Waals surface area contributed by atoms with Crippen molar-refractivity contribution < 1.29 is 14.3 Å². The largest absolute Gasteiger partial charge is 0.449 e. The summed E-state index contributed by atoms with van der Waals surface area (Å²) in [5, 5.41) is 2.76. The predicted octanol–water partition coefficient (Wildman–Crippen LogP) is 2.96. The minimum atomic E-state index is -0.832. The highest BCUT2D eigenvalue weighted by Gasteiger charge is 2.22. The number of carbonyl (C=O) groups excluding carboxylic acids is 2. The van der Waals surface area contributed by atoms with Gasteiger partial charge < -0.3 is 10.1 Å². The van der Waals surface area contributed by atoms with Crippen LogP contribution < -0.4 is 5.32 Å². The summed E-state index contributed by atoms with van der Waals surface area (Å²) in [6.07, 6.45) is 2.57. The van der Waals surface area contributed by atoms with Gasteiger partial charge in [-0.3, -0.25) is 9.78 Å². The summed E-state index contributed by atoms with van der Waals surface area (Å²) in [5.41, 5.74) is 2.10. The third-order valence-electron chi connectivity index (χ3n) is 3.11. The SMILES string of the molecule is CCC(OC(=O)c1ccncc1)C(=O)Nc1cccc(C)c1. The zero-order chi connectivity index (χ0) is 15.9. The number of amides is 1. The number of benzene rings is 1. The fourth-order valence-corrected chi connectivity index (χ4v) is 1.95. The number of aromatic nitrogens is 1. The molecule has 0 fully saturated rings. The van der Waals surface area contributed by atoms with Gasteiger partial charge in [-0.2, -0.15) is 0 Å². The van der Waals surface area contributed by atoms with E-state index in [1.807, 2.05) is 25.1 Å². The van der Waals surface area contributed by atoms with Crippen LogP contribution in [0.5, 0.6) is 0 Å². The van der Waals surface area contributed by atoms with Gasteiger partial charge in [-0.05, 0) is 43.2 Å². The Morgan fingerprint density at radius 2 is 1.95 bits per heavy atom. The van der Waals surface area contributed by atoms with E-state index in [9.17, 15) is 9.59 Å². The van der Waals surface area contributed by atoms with Gasteiger partial charge in [-0.15, -0.1) is 0 Å². The number of carbonyl (C=O) groups is 2. The first-order valence-corrected chi connectivity index (χ1v) is 7.08. The number of pyridine rings is 1. The highest BCUT2D eigenvalue weighted by molar-refractivity contribution is 5.97. The summed E-state index contributed by atoms with van der Waals surface area (Å²) in [4.78, 5) is 28.1. The van der Waals surface area contributed by atoms with Crippen molar-refractivity contribution in [1.29, 1.82) is 0 Å². The molecule has 1 unspecified atom stereocenters. The van der Waals surface area contributed by atoms with Crippen molar-refractivity contribution in [2.45, 2.75) is 26.4 Å². The normalized spacial score (nSPS) is 11.5. The minimum Gasteiger partial charge on any atom is -0.449 e. The highest BCUT2D eigenvalue weighted by Crippen LogP contribution is 2.12. The van der Waals surface area contributed by atoms with Gasteiger partial charge >= 0.3 is 5.97 Å². The third kappa shape index (κ3) is 4.15. The van der Waals surface area contributed by atoms with Crippen LogP contribution in [0.25, 0.3) is 0 Å². The van der Waals surface area contributed by atoms with Gasteiger partial charge in [0.2, 0.25) is 0 Å². The molecule has 1 N–H and O–H groups in total. The number of aryl methyl sites for hydroxylation is 1. The van der Waals surface area contributed by atoms with Crippen molar-refractivity contribution in [2.24, 2.45) is 0 Å². The van der Waals surface area contributed by atoms with Gasteiger partial charge in [0.25, 0.3) is 5.91 Å². The van der Waals surface area contributed by atoms with Crippen LogP contribution in [0.15, 0.2) is 48.8 Å². The zero-order valence-electron chi connectivity index (χ0n) is 12.6. The van der Waals surface area contributed by atoms with Gasteiger partial charge in [-0.25, -0.2) is 4.79 Å². The van der Waals surface area contributed by atoms with Gasteiger partial charge in [0.15, 0.2) is 6.10 Å². The van der Waals surface area contributed by atoms with E-state index in [0.29, 0.717) is 17.7 Å². The summed E-state index contributed by atoms with van der Waals surface area (Å²) in [5.74, 6) is -0.871. The average Bonchev–Trinajstić information content (AvgIpc) is 2.53. The standard InChI is InChI=1S/C17H18N2O3/c1-3-15(22-17(21)13-7-9-18-10-8-13)16(20)19-14-6-4-5-12(2)11-14/h4-11,15H,3H2,1-2H3,(H,19,20). The Hall–Kier alpha value is -2.69. The molecule has 0 bridgehead atoms. The van der Waals surface area contributed by atoms with Crippen molar-refractivity contribution in [3.8, 4) is 0 Å². The molecule has 1 aromatic heterocycles. The Labute approximate surface area is 129 Å². The van der Waals surface area contributed by atoms with Crippen LogP contribution in [0.2, 0.25) is 0 Å². The number of ether oxygens (including phenoxy) is 1. The molecule has 2 rings (SSSR count). The lowest BCUT2D eigenvalue weighted by atomic mass is 10.2. The quantitative estimate of drug-likeness (QED) is 0.862. The summed E-state index contributed by atoms with van der Waals surface area (Å²) in [6, 6.07) is 10.5. The van der Waals surface area contributed by atoms with Crippen LogP contribution in [0, 0.1) is 6.92 Å². The first-order valence-electron chi connectivity index (χ1n) is 7.08. The van der Waals surface area contributed by atoms with E-state index in [1.54, 1.807) is 25.1 Å². The second-order valence-corrected chi connectivity index (χ2v) is 4.90. The lowest BCUT2D eigenvalue weighted by molar-refractivity contribution is -0.124. The van der Waals surface area contributed by atoms with E-state index in [4.69, 9.17) is 4.74 Å². The molecule has 0 saturated heterocycles. The van der Waals surface area contributed by atoms with Crippen LogP contribution in [-0.4, -0.2) is 23.0 Å². The van der Waals surface area contributed by atoms with Crippen LogP contribution in [0.4, 0.5) is 5.69 Å². The third-order valence-corrected chi connectivity index (χ3v) is 3.11. The Balaban J connectivity index is 2.02. The molecule has 1 heterocycles. The molecular weight excluding hydrogens is 280 g/mol. The minimum absolute atomic E-state index is 0.337. The van der Waals surface area contributed by atoms with Gasteiger partial charge in [0.05, 0.1) is 5.56 Å². The van der Waals surface area contributed by atoms with Gasteiger partial charge in [0.1, 0.15) is 0 Å². The fourth-order valence-electron chi connectivity index (χ4n) is 1.95. The topological polar surface area (TPSA) is 68.3 Å². The van der Waals surface area contributed by atoms with E-state index in [0.717, 1.165) is 5.56 Å². The molecule has 1 aromatic carbocycles. The average molecular weight is 298 g/mol. The fraction of sp³-hybridized carbons (Fsp3) is 0.235. The van der Waals surface area contributed by atoms with Crippen LogP contribution in [0.3, 0.4) is 0 Å². The Kier molecular flexibility index (Phi) is 5.25.